The molecule has 7 heteroatoms. The summed E-state index contributed by atoms with van der Waals surface area (Å²) in [5, 5.41) is 7.66. The lowest BCUT2D eigenvalue weighted by Crippen LogP contribution is -2.48. The van der Waals surface area contributed by atoms with Crippen LogP contribution in [0.1, 0.15) is 44.9 Å². The van der Waals surface area contributed by atoms with Gasteiger partial charge in [-0.3, -0.25) is 4.79 Å². The molecule has 7 nitrogen and oxygen atoms in total. The molecule has 2 unspecified atom stereocenters. The average Bonchev–Trinajstić information content (AvgIpc) is 3.32. The zero-order chi connectivity index (χ0) is 19.5. The number of rotatable bonds is 7. The summed E-state index contributed by atoms with van der Waals surface area (Å²) in [6.45, 7) is 2.58. The normalized spacial score (nSPS) is 23.6. The minimum absolute atomic E-state index is 0.145. The van der Waals surface area contributed by atoms with Crippen LogP contribution in [0.4, 0.5) is 0 Å². The monoisotopic (exact) mass is 384 g/mol. The summed E-state index contributed by atoms with van der Waals surface area (Å²) in [4.78, 5) is 19.0. The Balaban J connectivity index is 1.30. The highest BCUT2D eigenvalue weighted by Crippen LogP contribution is 2.29. The highest BCUT2D eigenvalue weighted by Gasteiger charge is 2.36. The standard InChI is InChI=1S/C21H28N4O3/c1-3-27-18-8-4-14(5-9-18)21-23-19(28-24-21)10-11-20(26)25(2)17-12-15-6-7-16(13-17)22-15/h4-5,8-9,15-17,22H,3,6-7,10-13H2,1-2H3. The van der Waals surface area contributed by atoms with Crippen LogP contribution in [-0.4, -0.2) is 52.7 Å². The van der Waals surface area contributed by atoms with Gasteiger partial charge < -0.3 is 19.5 Å². The molecule has 1 N–H and O–H groups in total. The molecule has 2 aliphatic heterocycles. The summed E-state index contributed by atoms with van der Waals surface area (Å²) in [6.07, 6.45) is 5.44. The SMILES string of the molecule is CCOc1ccc(-c2noc(CCC(=O)N(C)C3CC4CCC(C3)N4)n2)cc1. The fraction of sp³-hybridized carbons (Fsp3) is 0.571. The number of fused-ring (bicyclic) bond motifs is 2. The van der Waals surface area contributed by atoms with E-state index in [2.05, 4.69) is 15.5 Å². The summed E-state index contributed by atoms with van der Waals surface area (Å²) >= 11 is 0. The number of piperidine rings is 1. The van der Waals surface area contributed by atoms with Crippen molar-refractivity contribution in [2.24, 2.45) is 0 Å². The fourth-order valence-corrected chi connectivity index (χ4v) is 4.28. The van der Waals surface area contributed by atoms with E-state index in [-0.39, 0.29) is 5.91 Å². The molecule has 4 rings (SSSR count). The van der Waals surface area contributed by atoms with Crippen molar-refractivity contribution in [3.63, 3.8) is 0 Å². The molecule has 3 heterocycles. The highest BCUT2D eigenvalue weighted by atomic mass is 16.5. The molecule has 2 fully saturated rings. The number of aryl methyl sites for hydroxylation is 1. The molecule has 2 saturated heterocycles. The molecule has 1 aromatic heterocycles. The Morgan fingerprint density at radius 1 is 1.25 bits per heavy atom. The molecule has 1 amide bonds. The number of aromatic nitrogens is 2. The lowest BCUT2D eigenvalue weighted by atomic mass is 9.98. The van der Waals surface area contributed by atoms with Gasteiger partial charge in [0.1, 0.15) is 5.75 Å². The third-order valence-electron chi connectivity index (χ3n) is 5.83. The second-order valence-electron chi connectivity index (χ2n) is 7.74. The van der Waals surface area contributed by atoms with Crippen LogP contribution >= 0.6 is 0 Å². The zero-order valence-electron chi connectivity index (χ0n) is 16.6. The van der Waals surface area contributed by atoms with E-state index in [1.165, 1.54) is 12.8 Å². The smallest absolute Gasteiger partial charge is 0.227 e. The molecular weight excluding hydrogens is 356 g/mol. The van der Waals surface area contributed by atoms with Crippen molar-refractivity contribution >= 4 is 5.91 Å². The summed E-state index contributed by atoms with van der Waals surface area (Å²) in [5.74, 6) is 1.99. The van der Waals surface area contributed by atoms with E-state index >= 15 is 0 Å². The summed E-state index contributed by atoms with van der Waals surface area (Å²) < 4.78 is 10.8. The maximum absolute atomic E-state index is 12.6. The van der Waals surface area contributed by atoms with Crippen molar-refractivity contribution in [2.75, 3.05) is 13.7 Å². The molecule has 0 aliphatic carbocycles. The largest absolute Gasteiger partial charge is 0.494 e. The van der Waals surface area contributed by atoms with Crippen LogP contribution in [0.15, 0.2) is 28.8 Å². The lowest BCUT2D eigenvalue weighted by molar-refractivity contribution is -0.132. The molecule has 2 atom stereocenters. The third kappa shape index (κ3) is 4.19. The Kier molecular flexibility index (Phi) is 5.62. The Morgan fingerprint density at radius 2 is 1.96 bits per heavy atom. The average molecular weight is 384 g/mol. The second kappa shape index (κ2) is 8.31. The predicted octanol–water partition coefficient (Wildman–Crippen LogP) is 2.81. The number of ether oxygens (including phenoxy) is 1. The highest BCUT2D eigenvalue weighted by molar-refractivity contribution is 5.76. The van der Waals surface area contributed by atoms with Gasteiger partial charge in [-0.1, -0.05) is 5.16 Å². The molecular formula is C21H28N4O3. The van der Waals surface area contributed by atoms with Crippen molar-refractivity contribution in [1.29, 1.82) is 0 Å². The van der Waals surface area contributed by atoms with Crippen LogP contribution in [0, 0.1) is 0 Å². The summed E-state index contributed by atoms with van der Waals surface area (Å²) in [7, 11) is 1.93. The van der Waals surface area contributed by atoms with Crippen molar-refractivity contribution in [2.45, 2.75) is 63.6 Å². The van der Waals surface area contributed by atoms with E-state index < -0.39 is 0 Å². The molecule has 2 aromatic rings. The summed E-state index contributed by atoms with van der Waals surface area (Å²) in [6, 6.07) is 9.08. The van der Waals surface area contributed by atoms with E-state index in [4.69, 9.17) is 9.26 Å². The molecule has 0 spiro atoms. The summed E-state index contributed by atoms with van der Waals surface area (Å²) in [5.41, 5.74) is 0.868. The van der Waals surface area contributed by atoms with Crippen LogP contribution in [-0.2, 0) is 11.2 Å². The van der Waals surface area contributed by atoms with Gasteiger partial charge in [-0.15, -0.1) is 0 Å². The number of carbonyl (C=O) groups excluding carboxylic acids is 1. The molecule has 1 aromatic carbocycles. The van der Waals surface area contributed by atoms with Gasteiger partial charge >= 0.3 is 0 Å². The van der Waals surface area contributed by atoms with Gasteiger partial charge in [0.05, 0.1) is 6.61 Å². The minimum atomic E-state index is 0.145. The van der Waals surface area contributed by atoms with E-state index in [1.54, 1.807) is 0 Å². The van der Waals surface area contributed by atoms with E-state index in [0.29, 0.717) is 49.3 Å². The predicted molar refractivity (Wildman–Crippen MR) is 105 cm³/mol. The Labute approximate surface area is 165 Å². The molecule has 2 aliphatic rings. The zero-order valence-corrected chi connectivity index (χ0v) is 16.6. The molecule has 0 radical (unpaired) electrons. The molecule has 2 bridgehead atoms. The van der Waals surface area contributed by atoms with E-state index in [0.717, 1.165) is 24.2 Å². The fourth-order valence-electron chi connectivity index (χ4n) is 4.28. The van der Waals surface area contributed by atoms with Gasteiger partial charge in [0, 0.05) is 43.6 Å². The maximum atomic E-state index is 12.6. The minimum Gasteiger partial charge on any atom is -0.494 e. The number of hydrogen-bond acceptors (Lipinski definition) is 6. The number of hydrogen-bond donors (Lipinski definition) is 1. The quantitative estimate of drug-likeness (QED) is 0.791. The Bertz CT molecular complexity index is 792. The van der Waals surface area contributed by atoms with Gasteiger partial charge in [0.25, 0.3) is 0 Å². The van der Waals surface area contributed by atoms with Crippen LogP contribution in [0.5, 0.6) is 5.75 Å². The number of nitrogens with one attached hydrogen (secondary N) is 1. The van der Waals surface area contributed by atoms with Gasteiger partial charge in [0.15, 0.2) is 0 Å². The van der Waals surface area contributed by atoms with Crippen LogP contribution < -0.4 is 10.1 Å². The van der Waals surface area contributed by atoms with Crippen molar-refractivity contribution in [3.8, 4) is 17.1 Å². The third-order valence-corrected chi connectivity index (χ3v) is 5.83. The first-order chi connectivity index (χ1) is 13.6. The number of carbonyl (C=O) groups is 1. The topological polar surface area (TPSA) is 80.5 Å². The van der Waals surface area contributed by atoms with Crippen molar-refractivity contribution < 1.29 is 14.1 Å². The maximum Gasteiger partial charge on any atom is 0.227 e. The lowest BCUT2D eigenvalue weighted by Gasteiger charge is -2.35. The molecule has 150 valence electrons. The van der Waals surface area contributed by atoms with Crippen molar-refractivity contribution in [1.82, 2.24) is 20.4 Å². The number of benzene rings is 1. The Hall–Kier alpha value is -2.41. The Morgan fingerprint density at radius 3 is 2.64 bits per heavy atom. The van der Waals surface area contributed by atoms with Crippen LogP contribution in [0.25, 0.3) is 11.4 Å². The second-order valence-corrected chi connectivity index (χ2v) is 7.74. The van der Waals surface area contributed by atoms with Crippen LogP contribution in [0.3, 0.4) is 0 Å². The molecule has 0 saturated carbocycles. The van der Waals surface area contributed by atoms with E-state index in [1.807, 2.05) is 43.1 Å². The first kappa shape index (κ1) is 18.9. The van der Waals surface area contributed by atoms with E-state index in [9.17, 15) is 4.79 Å². The van der Waals surface area contributed by atoms with Crippen molar-refractivity contribution in [3.05, 3.63) is 30.2 Å². The van der Waals surface area contributed by atoms with Gasteiger partial charge in [-0.2, -0.15) is 4.98 Å². The van der Waals surface area contributed by atoms with Gasteiger partial charge in [-0.25, -0.2) is 0 Å². The van der Waals surface area contributed by atoms with Crippen LogP contribution in [0.2, 0.25) is 0 Å². The first-order valence-electron chi connectivity index (χ1n) is 10.2. The van der Waals surface area contributed by atoms with Gasteiger partial charge in [0.2, 0.25) is 17.6 Å². The first-order valence-corrected chi connectivity index (χ1v) is 10.2. The molecule has 28 heavy (non-hydrogen) atoms. The number of amides is 1. The number of nitrogens with zero attached hydrogens (tertiary/aromatic N) is 3. The van der Waals surface area contributed by atoms with Gasteiger partial charge in [-0.05, 0) is 56.9 Å².